The van der Waals surface area contributed by atoms with Gasteiger partial charge in [-0.3, -0.25) is 4.79 Å². The van der Waals surface area contributed by atoms with Crippen molar-refractivity contribution in [2.75, 3.05) is 6.54 Å². The van der Waals surface area contributed by atoms with Crippen LogP contribution in [-0.2, 0) is 4.79 Å². The van der Waals surface area contributed by atoms with Gasteiger partial charge in [0.25, 0.3) is 5.91 Å². The number of carboxylic acid groups (broad SMARTS) is 1. The van der Waals surface area contributed by atoms with Crippen LogP contribution in [0.2, 0.25) is 0 Å². The summed E-state index contributed by atoms with van der Waals surface area (Å²) in [6.07, 6.45) is 0.200. The third kappa shape index (κ3) is 2.95. The van der Waals surface area contributed by atoms with Gasteiger partial charge in [0, 0.05) is 5.56 Å². The van der Waals surface area contributed by atoms with Gasteiger partial charge in [0.2, 0.25) is 0 Å². The molecular weight excluding hydrogens is 256 g/mol. The minimum absolute atomic E-state index is 0.200. The summed E-state index contributed by atoms with van der Waals surface area (Å²) in [5.74, 6) is -1.48. The van der Waals surface area contributed by atoms with Gasteiger partial charge in [0.05, 0.1) is 0 Å². The van der Waals surface area contributed by atoms with E-state index in [0.717, 1.165) is 10.8 Å². The van der Waals surface area contributed by atoms with E-state index in [1.165, 1.54) is 0 Å². The van der Waals surface area contributed by atoms with Gasteiger partial charge in [-0.05, 0) is 29.8 Å². The molecule has 1 amide bonds. The van der Waals surface area contributed by atoms with E-state index < -0.39 is 17.9 Å². The molecule has 104 valence electrons. The van der Waals surface area contributed by atoms with Crippen LogP contribution in [0.25, 0.3) is 10.8 Å². The fourth-order valence-electron chi connectivity index (χ4n) is 2.08. The minimum atomic E-state index is -1.08. The molecule has 1 unspecified atom stereocenters. The molecule has 0 aromatic heterocycles. The van der Waals surface area contributed by atoms with E-state index in [2.05, 4.69) is 5.32 Å². The quantitative estimate of drug-likeness (QED) is 0.766. The number of aliphatic carboxylic acids is 1. The lowest BCUT2D eigenvalue weighted by Crippen LogP contribution is -2.42. The Morgan fingerprint density at radius 2 is 1.85 bits per heavy atom. The lowest BCUT2D eigenvalue weighted by Gasteiger charge is -2.14. The lowest BCUT2D eigenvalue weighted by atomic mass is 10.0. The number of hydrogen-bond donors (Lipinski definition) is 3. The molecule has 0 saturated heterocycles. The Labute approximate surface area is 116 Å². The van der Waals surface area contributed by atoms with E-state index >= 15 is 0 Å². The highest BCUT2D eigenvalue weighted by molar-refractivity contribution is 6.07. The minimum Gasteiger partial charge on any atom is -0.480 e. The van der Waals surface area contributed by atoms with Crippen LogP contribution < -0.4 is 11.1 Å². The molecule has 4 N–H and O–H groups in total. The van der Waals surface area contributed by atoms with Crippen molar-refractivity contribution in [1.29, 1.82) is 0 Å². The number of benzene rings is 2. The molecular formula is C15H16N2O3. The number of nitrogens with one attached hydrogen (secondary N) is 1. The smallest absolute Gasteiger partial charge is 0.326 e. The van der Waals surface area contributed by atoms with E-state index in [1.807, 2.05) is 30.3 Å². The molecule has 0 aliphatic heterocycles. The Balaban J connectivity index is 2.29. The number of hydrogen-bond acceptors (Lipinski definition) is 3. The van der Waals surface area contributed by atoms with E-state index in [-0.39, 0.29) is 13.0 Å². The third-order valence-corrected chi connectivity index (χ3v) is 3.09. The Hall–Kier alpha value is -2.40. The van der Waals surface area contributed by atoms with Crippen LogP contribution in [0.3, 0.4) is 0 Å². The van der Waals surface area contributed by atoms with Crippen molar-refractivity contribution in [3.05, 3.63) is 48.0 Å². The largest absolute Gasteiger partial charge is 0.480 e. The molecule has 0 heterocycles. The zero-order chi connectivity index (χ0) is 14.5. The first-order chi connectivity index (χ1) is 9.63. The van der Waals surface area contributed by atoms with Crippen LogP contribution in [0, 0.1) is 0 Å². The first-order valence-electron chi connectivity index (χ1n) is 6.35. The Morgan fingerprint density at radius 1 is 1.15 bits per heavy atom. The molecule has 0 radical (unpaired) electrons. The van der Waals surface area contributed by atoms with E-state index in [4.69, 9.17) is 10.8 Å². The molecule has 0 fully saturated rings. The fraction of sp³-hybridized carbons (Fsp3) is 0.200. The van der Waals surface area contributed by atoms with Crippen molar-refractivity contribution >= 4 is 22.6 Å². The molecule has 2 rings (SSSR count). The highest BCUT2D eigenvalue weighted by atomic mass is 16.4. The number of carbonyl (C=O) groups is 2. The fourth-order valence-corrected chi connectivity index (χ4v) is 2.08. The monoisotopic (exact) mass is 272 g/mol. The molecule has 0 spiro atoms. The maximum Gasteiger partial charge on any atom is 0.326 e. The predicted octanol–water partition coefficient (Wildman–Crippen LogP) is 1.37. The Bertz CT molecular complexity index is 635. The normalized spacial score (nSPS) is 12.1. The molecule has 20 heavy (non-hydrogen) atoms. The van der Waals surface area contributed by atoms with E-state index in [0.29, 0.717) is 5.56 Å². The van der Waals surface area contributed by atoms with Gasteiger partial charge in [0.15, 0.2) is 0 Å². The Morgan fingerprint density at radius 3 is 2.55 bits per heavy atom. The van der Waals surface area contributed by atoms with Gasteiger partial charge in [-0.25, -0.2) is 4.79 Å². The van der Waals surface area contributed by atoms with E-state index in [9.17, 15) is 9.59 Å². The van der Waals surface area contributed by atoms with Crippen LogP contribution in [0.5, 0.6) is 0 Å². The van der Waals surface area contributed by atoms with Gasteiger partial charge in [-0.1, -0.05) is 36.4 Å². The van der Waals surface area contributed by atoms with Crippen molar-refractivity contribution < 1.29 is 14.7 Å². The van der Waals surface area contributed by atoms with Crippen molar-refractivity contribution in [1.82, 2.24) is 5.32 Å². The zero-order valence-electron chi connectivity index (χ0n) is 10.9. The maximum absolute atomic E-state index is 12.2. The van der Waals surface area contributed by atoms with Crippen LogP contribution >= 0.6 is 0 Å². The number of amides is 1. The average Bonchev–Trinajstić information content (AvgIpc) is 2.46. The molecule has 1 atom stereocenters. The van der Waals surface area contributed by atoms with Crippen LogP contribution in [0.4, 0.5) is 0 Å². The summed E-state index contributed by atoms with van der Waals surface area (Å²) in [7, 11) is 0. The summed E-state index contributed by atoms with van der Waals surface area (Å²) in [4.78, 5) is 23.3. The van der Waals surface area contributed by atoms with Crippen LogP contribution in [0.1, 0.15) is 16.8 Å². The van der Waals surface area contributed by atoms with Crippen LogP contribution in [0.15, 0.2) is 42.5 Å². The second-order valence-corrected chi connectivity index (χ2v) is 4.47. The van der Waals surface area contributed by atoms with Crippen molar-refractivity contribution in [3.8, 4) is 0 Å². The summed E-state index contributed by atoms with van der Waals surface area (Å²) in [6.45, 7) is 0.201. The summed E-state index contributed by atoms with van der Waals surface area (Å²) >= 11 is 0. The van der Waals surface area contributed by atoms with Gasteiger partial charge < -0.3 is 16.2 Å². The lowest BCUT2D eigenvalue weighted by molar-refractivity contribution is -0.139. The molecule has 0 aliphatic rings. The summed E-state index contributed by atoms with van der Waals surface area (Å²) < 4.78 is 0. The molecule has 5 nitrogen and oxygen atoms in total. The SMILES string of the molecule is NCCC(NC(=O)c1cccc2ccccc12)C(=O)O. The summed E-state index contributed by atoms with van der Waals surface area (Å²) in [6, 6.07) is 11.9. The van der Waals surface area contributed by atoms with Gasteiger partial charge in [-0.2, -0.15) is 0 Å². The van der Waals surface area contributed by atoms with Crippen molar-refractivity contribution in [2.45, 2.75) is 12.5 Å². The van der Waals surface area contributed by atoms with Gasteiger partial charge in [0.1, 0.15) is 6.04 Å². The molecule has 0 aliphatic carbocycles. The number of rotatable bonds is 5. The second kappa shape index (κ2) is 6.16. The highest BCUT2D eigenvalue weighted by Crippen LogP contribution is 2.18. The van der Waals surface area contributed by atoms with Crippen molar-refractivity contribution in [3.63, 3.8) is 0 Å². The topological polar surface area (TPSA) is 92.4 Å². The average molecular weight is 272 g/mol. The van der Waals surface area contributed by atoms with Crippen molar-refractivity contribution in [2.24, 2.45) is 5.73 Å². The zero-order valence-corrected chi connectivity index (χ0v) is 10.9. The second-order valence-electron chi connectivity index (χ2n) is 4.47. The third-order valence-electron chi connectivity index (χ3n) is 3.09. The van der Waals surface area contributed by atoms with Gasteiger partial charge in [-0.15, -0.1) is 0 Å². The summed E-state index contributed by atoms with van der Waals surface area (Å²) in [5.41, 5.74) is 5.82. The molecule has 5 heteroatoms. The van der Waals surface area contributed by atoms with E-state index in [1.54, 1.807) is 12.1 Å². The number of fused-ring (bicyclic) bond motifs is 1. The first kappa shape index (κ1) is 14.0. The molecule has 2 aromatic rings. The predicted molar refractivity (Wildman–Crippen MR) is 76.5 cm³/mol. The number of nitrogens with two attached hydrogens (primary N) is 1. The molecule has 2 aromatic carbocycles. The maximum atomic E-state index is 12.2. The van der Waals surface area contributed by atoms with Crippen LogP contribution in [-0.4, -0.2) is 29.6 Å². The standard InChI is InChI=1S/C15H16N2O3/c16-9-8-13(15(19)20)17-14(18)12-7-3-5-10-4-1-2-6-11(10)12/h1-7,13H,8-9,16H2,(H,17,18)(H,19,20). The highest BCUT2D eigenvalue weighted by Gasteiger charge is 2.20. The van der Waals surface area contributed by atoms with Gasteiger partial charge >= 0.3 is 5.97 Å². The number of carbonyl (C=O) groups excluding carboxylic acids is 1. The first-order valence-corrected chi connectivity index (χ1v) is 6.35. The molecule has 0 saturated carbocycles. The molecule has 0 bridgehead atoms. The Kier molecular flexibility index (Phi) is 4.32. The number of carboxylic acids is 1. The summed E-state index contributed by atoms with van der Waals surface area (Å²) in [5, 5.41) is 13.3.